The first kappa shape index (κ1) is 13.7. The predicted molar refractivity (Wildman–Crippen MR) is 87.6 cm³/mol. The summed E-state index contributed by atoms with van der Waals surface area (Å²) in [5, 5.41) is 3.82. The van der Waals surface area contributed by atoms with Gasteiger partial charge in [-0.15, -0.1) is 9.24 Å². The van der Waals surface area contributed by atoms with Gasteiger partial charge in [0.05, 0.1) is 0 Å². The van der Waals surface area contributed by atoms with Crippen molar-refractivity contribution in [3.8, 4) is 0 Å². The van der Waals surface area contributed by atoms with Gasteiger partial charge < -0.3 is 5.73 Å². The molecule has 3 aromatic carbocycles. The largest absolute Gasteiger partial charge is 0.326 e. The lowest BCUT2D eigenvalue weighted by Gasteiger charge is -1.94. The van der Waals surface area contributed by atoms with Gasteiger partial charge in [0.1, 0.15) is 0 Å². The van der Waals surface area contributed by atoms with Crippen molar-refractivity contribution in [2.24, 2.45) is 5.73 Å². The van der Waals surface area contributed by atoms with Gasteiger partial charge in [0.25, 0.3) is 0 Å². The molecule has 0 fully saturated rings. The predicted octanol–water partition coefficient (Wildman–Crippen LogP) is 3.49. The Morgan fingerprint density at radius 2 is 1.11 bits per heavy atom. The highest BCUT2D eigenvalue weighted by Crippen LogP contribution is 2.11. The fourth-order valence-electron chi connectivity index (χ4n) is 1.79. The molecule has 0 aromatic heterocycles. The Bertz CT molecular complexity index is 567. The van der Waals surface area contributed by atoms with Gasteiger partial charge >= 0.3 is 0 Å². The van der Waals surface area contributed by atoms with Gasteiger partial charge in [-0.2, -0.15) is 0 Å². The van der Waals surface area contributed by atoms with Crippen LogP contribution in [0, 0.1) is 0 Å². The molecule has 3 aromatic rings. The van der Waals surface area contributed by atoms with Gasteiger partial charge in [0.15, 0.2) is 0 Å². The number of benzene rings is 3. The molecule has 0 amide bonds. The molecule has 0 saturated carbocycles. The lowest BCUT2D eigenvalue weighted by molar-refractivity contribution is 1.07. The van der Waals surface area contributed by atoms with E-state index in [9.17, 15) is 0 Å². The molecule has 0 spiro atoms. The first-order valence-corrected chi connectivity index (χ1v) is 6.85. The van der Waals surface area contributed by atoms with Crippen LogP contribution >= 0.6 is 9.24 Å². The minimum atomic E-state index is 0.630. The lowest BCUT2D eigenvalue weighted by atomic mass is 10.1. The summed E-state index contributed by atoms with van der Waals surface area (Å²) >= 11 is 0. The van der Waals surface area contributed by atoms with Gasteiger partial charge in [0.2, 0.25) is 0 Å². The fourth-order valence-corrected chi connectivity index (χ4v) is 1.98. The Labute approximate surface area is 116 Å². The molecule has 0 aliphatic rings. The van der Waals surface area contributed by atoms with E-state index in [2.05, 4.69) is 57.8 Å². The van der Waals surface area contributed by atoms with Gasteiger partial charge in [-0.3, -0.25) is 0 Å². The molecule has 0 heterocycles. The molecule has 1 nitrogen and oxygen atoms in total. The van der Waals surface area contributed by atoms with Crippen molar-refractivity contribution in [3.63, 3.8) is 0 Å². The molecule has 0 saturated heterocycles. The van der Waals surface area contributed by atoms with Crippen molar-refractivity contribution in [2.75, 3.05) is 0 Å². The van der Waals surface area contributed by atoms with Crippen LogP contribution in [0.5, 0.6) is 0 Å². The highest BCUT2D eigenvalue weighted by atomic mass is 31.0. The lowest BCUT2D eigenvalue weighted by Crippen LogP contribution is -1.97. The Morgan fingerprint density at radius 1 is 0.684 bits per heavy atom. The van der Waals surface area contributed by atoms with Crippen molar-refractivity contribution in [2.45, 2.75) is 6.54 Å². The molecule has 0 aliphatic heterocycles. The fraction of sp³-hybridized carbons (Fsp3) is 0.0588. The number of hydrogen-bond donors (Lipinski definition) is 1. The van der Waals surface area contributed by atoms with Crippen LogP contribution in [-0.2, 0) is 6.54 Å². The summed E-state index contributed by atoms with van der Waals surface area (Å²) in [6.07, 6.45) is 0. The summed E-state index contributed by atoms with van der Waals surface area (Å²) in [7, 11) is 2.63. The van der Waals surface area contributed by atoms with Gasteiger partial charge in [-0.25, -0.2) is 0 Å². The van der Waals surface area contributed by atoms with Crippen LogP contribution in [0.3, 0.4) is 0 Å². The van der Waals surface area contributed by atoms with E-state index < -0.39 is 0 Å². The highest BCUT2D eigenvalue weighted by Gasteiger charge is 1.85. The zero-order chi connectivity index (χ0) is 13.5. The molecule has 0 radical (unpaired) electrons. The van der Waals surface area contributed by atoms with E-state index in [1.165, 1.54) is 21.6 Å². The minimum Gasteiger partial charge on any atom is -0.326 e. The molecule has 19 heavy (non-hydrogen) atoms. The second kappa shape index (κ2) is 7.04. The van der Waals surface area contributed by atoms with E-state index >= 15 is 0 Å². The van der Waals surface area contributed by atoms with Crippen LogP contribution in [0.4, 0.5) is 0 Å². The van der Waals surface area contributed by atoms with Crippen molar-refractivity contribution in [3.05, 3.63) is 78.4 Å². The van der Waals surface area contributed by atoms with Gasteiger partial charge in [-0.05, 0) is 21.6 Å². The number of fused-ring (bicyclic) bond motifs is 1. The maximum Gasteiger partial charge on any atom is 0.0178 e. The molecule has 2 N–H and O–H groups in total. The highest BCUT2D eigenvalue weighted by molar-refractivity contribution is 7.27. The third kappa shape index (κ3) is 4.17. The number of rotatable bonds is 1. The Balaban J connectivity index is 0.000000141. The van der Waals surface area contributed by atoms with E-state index in [1.807, 2.05) is 24.3 Å². The Morgan fingerprint density at radius 3 is 1.47 bits per heavy atom. The molecule has 1 unspecified atom stereocenters. The summed E-state index contributed by atoms with van der Waals surface area (Å²) in [6, 6.07) is 24.8. The van der Waals surface area contributed by atoms with Crippen molar-refractivity contribution in [1.82, 2.24) is 0 Å². The molecule has 0 aliphatic carbocycles. The van der Waals surface area contributed by atoms with Gasteiger partial charge in [0, 0.05) is 6.54 Å². The van der Waals surface area contributed by atoms with E-state index in [1.54, 1.807) is 0 Å². The standard InChI is InChI=1S/C10H8.C7H10NP/c1-2-6-10-8-4-3-7-9(10)5-1;8-5-6-1-3-7(9)4-2-6/h1-8H;1-4H,5,8-9H2. The summed E-state index contributed by atoms with van der Waals surface area (Å²) in [5.74, 6) is 0. The first-order valence-electron chi connectivity index (χ1n) is 6.28. The minimum absolute atomic E-state index is 0.630. The summed E-state index contributed by atoms with van der Waals surface area (Å²) < 4.78 is 0. The maximum absolute atomic E-state index is 5.39. The van der Waals surface area contributed by atoms with E-state index in [4.69, 9.17) is 5.73 Å². The van der Waals surface area contributed by atoms with Crippen molar-refractivity contribution in [1.29, 1.82) is 0 Å². The summed E-state index contributed by atoms with van der Waals surface area (Å²) in [4.78, 5) is 0. The first-order chi connectivity index (χ1) is 9.29. The quantitative estimate of drug-likeness (QED) is 0.671. The number of hydrogen-bond acceptors (Lipinski definition) is 1. The molecular formula is C17H18NP. The SMILES string of the molecule is NCc1ccc(P)cc1.c1ccc2ccccc2c1. The van der Waals surface area contributed by atoms with Crippen LogP contribution in [0.15, 0.2) is 72.8 Å². The monoisotopic (exact) mass is 267 g/mol. The average molecular weight is 267 g/mol. The topological polar surface area (TPSA) is 26.0 Å². The zero-order valence-electron chi connectivity index (χ0n) is 10.8. The Hall–Kier alpha value is -1.69. The smallest absolute Gasteiger partial charge is 0.0178 e. The van der Waals surface area contributed by atoms with Crippen LogP contribution in [0.1, 0.15) is 5.56 Å². The molecule has 96 valence electrons. The molecular weight excluding hydrogens is 249 g/mol. The van der Waals surface area contributed by atoms with Crippen LogP contribution in [0.2, 0.25) is 0 Å². The molecule has 2 heteroatoms. The third-order valence-corrected chi connectivity index (χ3v) is 3.26. The zero-order valence-corrected chi connectivity index (χ0v) is 11.9. The van der Waals surface area contributed by atoms with Crippen molar-refractivity contribution < 1.29 is 0 Å². The molecule has 3 rings (SSSR count). The van der Waals surface area contributed by atoms with Crippen LogP contribution < -0.4 is 11.0 Å². The van der Waals surface area contributed by atoms with E-state index in [0.29, 0.717) is 6.54 Å². The summed E-state index contributed by atoms with van der Waals surface area (Å²) in [5.41, 5.74) is 6.57. The maximum atomic E-state index is 5.39. The molecule has 0 bridgehead atoms. The summed E-state index contributed by atoms with van der Waals surface area (Å²) in [6.45, 7) is 0.630. The third-order valence-electron chi connectivity index (χ3n) is 2.87. The number of nitrogens with two attached hydrogens (primary N) is 1. The van der Waals surface area contributed by atoms with Crippen molar-refractivity contribution >= 4 is 25.3 Å². The van der Waals surface area contributed by atoms with Gasteiger partial charge in [-0.1, -0.05) is 72.8 Å². The van der Waals surface area contributed by atoms with Crippen LogP contribution in [0.25, 0.3) is 10.8 Å². The van der Waals surface area contributed by atoms with E-state index in [0.717, 1.165) is 0 Å². The normalized spacial score (nSPS) is 9.79. The average Bonchev–Trinajstić information content (AvgIpc) is 2.49. The van der Waals surface area contributed by atoms with Crippen LogP contribution in [-0.4, -0.2) is 0 Å². The molecule has 1 atom stereocenters. The van der Waals surface area contributed by atoms with E-state index in [-0.39, 0.29) is 0 Å². The second-order valence-corrected chi connectivity index (χ2v) is 4.96. The Kier molecular flexibility index (Phi) is 5.09. The second-order valence-electron chi connectivity index (χ2n) is 4.29.